The van der Waals surface area contributed by atoms with Crippen molar-refractivity contribution in [3.8, 4) is 11.5 Å². The summed E-state index contributed by atoms with van der Waals surface area (Å²) in [6.45, 7) is 4.27. The van der Waals surface area contributed by atoms with Crippen molar-refractivity contribution < 1.29 is 22.7 Å². The second-order valence-corrected chi connectivity index (χ2v) is 6.44. The van der Waals surface area contributed by atoms with E-state index in [9.17, 15) is 13.2 Å². The fourth-order valence-electron chi connectivity index (χ4n) is 1.51. The Morgan fingerprint density at radius 2 is 1.64 bits per heavy atom. The molecule has 0 aliphatic heterocycles. The van der Waals surface area contributed by atoms with Crippen LogP contribution in [-0.2, 0) is 14.8 Å². The van der Waals surface area contributed by atoms with Gasteiger partial charge in [-0.05, 0) is 38.1 Å². The summed E-state index contributed by atoms with van der Waals surface area (Å²) >= 11 is 0. The Hall–Kier alpha value is -1.80. The first kappa shape index (κ1) is 18.2. The van der Waals surface area contributed by atoms with Gasteiger partial charge in [-0.15, -0.1) is 0 Å². The molecule has 8 heteroatoms. The van der Waals surface area contributed by atoms with Crippen LogP contribution in [0.5, 0.6) is 11.5 Å². The van der Waals surface area contributed by atoms with E-state index >= 15 is 0 Å². The summed E-state index contributed by atoms with van der Waals surface area (Å²) in [5.74, 6) is 0.999. The third kappa shape index (κ3) is 7.28. The zero-order valence-electron chi connectivity index (χ0n) is 12.8. The van der Waals surface area contributed by atoms with E-state index in [0.29, 0.717) is 12.4 Å². The standard InChI is InChI=1S/C14H22N2O5S/c1-3-20-12-5-7-13(8-6-12)21-11-14(17)15-9-10-16-22(18,19)4-2/h5-8,16H,3-4,9-11H2,1-2H3,(H,15,17). The third-order valence-corrected chi connectivity index (χ3v) is 4.06. The van der Waals surface area contributed by atoms with Gasteiger partial charge in [-0.3, -0.25) is 4.79 Å². The highest BCUT2D eigenvalue weighted by atomic mass is 32.2. The van der Waals surface area contributed by atoms with Crippen molar-refractivity contribution in [1.82, 2.24) is 10.0 Å². The quantitative estimate of drug-likeness (QED) is 0.610. The Morgan fingerprint density at radius 3 is 2.18 bits per heavy atom. The van der Waals surface area contributed by atoms with E-state index in [2.05, 4.69) is 10.0 Å². The lowest BCUT2D eigenvalue weighted by Gasteiger charge is -2.09. The number of sulfonamides is 1. The molecule has 0 saturated heterocycles. The number of carbonyl (C=O) groups is 1. The lowest BCUT2D eigenvalue weighted by molar-refractivity contribution is -0.123. The largest absolute Gasteiger partial charge is 0.494 e. The van der Waals surface area contributed by atoms with Gasteiger partial charge in [0.2, 0.25) is 10.0 Å². The molecule has 0 fully saturated rings. The summed E-state index contributed by atoms with van der Waals surface area (Å²) in [6, 6.07) is 6.95. The van der Waals surface area contributed by atoms with Crippen molar-refractivity contribution in [2.75, 3.05) is 32.1 Å². The highest BCUT2D eigenvalue weighted by molar-refractivity contribution is 7.89. The fraction of sp³-hybridized carbons (Fsp3) is 0.500. The molecular formula is C14H22N2O5S. The number of nitrogens with one attached hydrogen (secondary N) is 2. The van der Waals surface area contributed by atoms with E-state index in [1.165, 1.54) is 0 Å². The normalized spacial score (nSPS) is 11.0. The number of ether oxygens (including phenoxy) is 2. The van der Waals surface area contributed by atoms with Crippen LogP contribution in [0.1, 0.15) is 13.8 Å². The van der Waals surface area contributed by atoms with Crippen LogP contribution in [0.25, 0.3) is 0 Å². The van der Waals surface area contributed by atoms with Crippen molar-refractivity contribution >= 4 is 15.9 Å². The molecular weight excluding hydrogens is 308 g/mol. The van der Waals surface area contributed by atoms with Crippen LogP contribution in [0.2, 0.25) is 0 Å². The van der Waals surface area contributed by atoms with Crippen LogP contribution in [0.15, 0.2) is 24.3 Å². The van der Waals surface area contributed by atoms with E-state index in [-0.39, 0.29) is 31.4 Å². The van der Waals surface area contributed by atoms with Gasteiger partial charge in [0.15, 0.2) is 6.61 Å². The first-order chi connectivity index (χ1) is 10.5. The van der Waals surface area contributed by atoms with Crippen LogP contribution in [0.4, 0.5) is 0 Å². The highest BCUT2D eigenvalue weighted by Crippen LogP contribution is 2.17. The third-order valence-electron chi connectivity index (χ3n) is 2.65. The molecule has 0 spiro atoms. The maximum atomic E-state index is 11.5. The van der Waals surface area contributed by atoms with Crippen molar-refractivity contribution in [3.05, 3.63) is 24.3 Å². The summed E-state index contributed by atoms with van der Waals surface area (Å²) in [6.07, 6.45) is 0. The molecule has 0 bridgehead atoms. The topological polar surface area (TPSA) is 93.7 Å². The Bertz CT molecular complexity index is 557. The van der Waals surface area contributed by atoms with Gasteiger partial charge in [-0.2, -0.15) is 0 Å². The Kier molecular flexibility index (Phi) is 7.69. The van der Waals surface area contributed by atoms with E-state index in [1.54, 1.807) is 31.2 Å². The number of carbonyl (C=O) groups excluding carboxylic acids is 1. The molecule has 124 valence electrons. The van der Waals surface area contributed by atoms with Gasteiger partial charge < -0.3 is 14.8 Å². The molecule has 1 rings (SSSR count). The maximum absolute atomic E-state index is 11.5. The molecule has 0 aliphatic carbocycles. The molecule has 0 radical (unpaired) electrons. The van der Waals surface area contributed by atoms with Gasteiger partial charge in [0.1, 0.15) is 11.5 Å². The highest BCUT2D eigenvalue weighted by Gasteiger charge is 2.06. The van der Waals surface area contributed by atoms with Gasteiger partial charge in [0, 0.05) is 13.1 Å². The minimum absolute atomic E-state index is 0.0157. The lowest BCUT2D eigenvalue weighted by atomic mass is 10.3. The van der Waals surface area contributed by atoms with Crippen LogP contribution >= 0.6 is 0 Å². The zero-order chi connectivity index (χ0) is 16.4. The SMILES string of the molecule is CCOc1ccc(OCC(=O)NCCNS(=O)(=O)CC)cc1. The number of benzene rings is 1. The molecule has 7 nitrogen and oxygen atoms in total. The Morgan fingerprint density at radius 1 is 1.05 bits per heavy atom. The zero-order valence-corrected chi connectivity index (χ0v) is 13.6. The average Bonchev–Trinajstić information content (AvgIpc) is 2.51. The summed E-state index contributed by atoms with van der Waals surface area (Å²) in [5, 5.41) is 2.57. The minimum Gasteiger partial charge on any atom is -0.494 e. The predicted molar refractivity (Wildman–Crippen MR) is 83.6 cm³/mol. The predicted octanol–water partition coefficient (Wildman–Crippen LogP) is 0.520. The van der Waals surface area contributed by atoms with Gasteiger partial charge in [-0.1, -0.05) is 0 Å². The molecule has 1 amide bonds. The first-order valence-electron chi connectivity index (χ1n) is 7.06. The molecule has 0 unspecified atom stereocenters. The van der Waals surface area contributed by atoms with Gasteiger partial charge in [0.05, 0.1) is 12.4 Å². The summed E-state index contributed by atoms with van der Waals surface area (Å²) in [7, 11) is -3.23. The number of amides is 1. The molecule has 0 saturated carbocycles. The molecule has 0 aromatic heterocycles. The van der Waals surface area contributed by atoms with Crippen molar-refractivity contribution in [2.45, 2.75) is 13.8 Å². The van der Waals surface area contributed by atoms with Gasteiger partial charge >= 0.3 is 0 Å². The molecule has 1 aromatic carbocycles. The first-order valence-corrected chi connectivity index (χ1v) is 8.71. The minimum atomic E-state index is -3.23. The van der Waals surface area contributed by atoms with Crippen LogP contribution < -0.4 is 19.5 Å². The molecule has 1 aromatic rings. The molecule has 22 heavy (non-hydrogen) atoms. The molecule has 0 atom stereocenters. The van der Waals surface area contributed by atoms with E-state index < -0.39 is 10.0 Å². The van der Waals surface area contributed by atoms with Crippen LogP contribution in [0, 0.1) is 0 Å². The smallest absolute Gasteiger partial charge is 0.257 e. The van der Waals surface area contributed by atoms with Crippen LogP contribution in [-0.4, -0.2) is 46.4 Å². The number of hydrogen-bond acceptors (Lipinski definition) is 5. The second kappa shape index (κ2) is 9.26. The van der Waals surface area contributed by atoms with E-state index in [0.717, 1.165) is 5.75 Å². The van der Waals surface area contributed by atoms with Crippen molar-refractivity contribution in [3.63, 3.8) is 0 Å². The molecule has 2 N–H and O–H groups in total. The summed E-state index contributed by atoms with van der Waals surface area (Å²) < 4.78 is 35.3. The summed E-state index contributed by atoms with van der Waals surface area (Å²) in [5.41, 5.74) is 0. The lowest BCUT2D eigenvalue weighted by Crippen LogP contribution is -2.37. The number of rotatable bonds is 10. The monoisotopic (exact) mass is 330 g/mol. The molecule has 0 heterocycles. The Labute approximate surface area is 131 Å². The van der Waals surface area contributed by atoms with Gasteiger partial charge in [0.25, 0.3) is 5.91 Å². The fourth-order valence-corrected chi connectivity index (χ4v) is 2.13. The summed E-state index contributed by atoms with van der Waals surface area (Å²) in [4.78, 5) is 11.5. The number of hydrogen-bond donors (Lipinski definition) is 2. The van der Waals surface area contributed by atoms with E-state index in [1.807, 2.05) is 6.92 Å². The van der Waals surface area contributed by atoms with E-state index in [4.69, 9.17) is 9.47 Å². The molecule has 0 aliphatic rings. The Balaban J connectivity index is 2.23. The second-order valence-electron chi connectivity index (χ2n) is 4.34. The van der Waals surface area contributed by atoms with Crippen LogP contribution in [0.3, 0.4) is 0 Å². The average molecular weight is 330 g/mol. The maximum Gasteiger partial charge on any atom is 0.257 e. The van der Waals surface area contributed by atoms with Gasteiger partial charge in [-0.25, -0.2) is 13.1 Å². The van der Waals surface area contributed by atoms with Crippen molar-refractivity contribution in [2.24, 2.45) is 0 Å². The van der Waals surface area contributed by atoms with Crippen molar-refractivity contribution in [1.29, 1.82) is 0 Å².